The topological polar surface area (TPSA) is 72.2 Å². The number of nitrogens with zero attached hydrogens (tertiary/aromatic N) is 4. The lowest BCUT2D eigenvalue weighted by Crippen LogP contribution is -2.28. The minimum Gasteiger partial charge on any atom is -0.316 e. The molecular weight excluding hydrogens is 310 g/mol. The molecule has 3 aromatic rings. The SMILES string of the molecule is Cc1ccc(-c2nnc3sc(C4CCCNC4)nn3c2=O)cc1. The van der Waals surface area contributed by atoms with Crippen LogP contribution in [0.1, 0.15) is 29.3 Å². The van der Waals surface area contributed by atoms with Gasteiger partial charge in [-0.25, -0.2) is 0 Å². The fourth-order valence-electron chi connectivity index (χ4n) is 2.85. The van der Waals surface area contributed by atoms with Gasteiger partial charge in [0.05, 0.1) is 0 Å². The molecule has 1 aliphatic heterocycles. The maximum absolute atomic E-state index is 12.7. The summed E-state index contributed by atoms with van der Waals surface area (Å²) in [5.74, 6) is 0.359. The fraction of sp³-hybridized carbons (Fsp3) is 0.375. The zero-order chi connectivity index (χ0) is 15.8. The molecule has 1 aliphatic rings. The Morgan fingerprint density at radius 3 is 2.83 bits per heavy atom. The van der Waals surface area contributed by atoms with E-state index in [1.165, 1.54) is 15.9 Å². The highest BCUT2D eigenvalue weighted by atomic mass is 32.1. The molecule has 1 fully saturated rings. The number of benzene rings is 1. The van der Waals surface area contributed by atoms with Crippen LogP contribution in [0.25, 0.3) is 16.2 Å². The fourth-order valence-corrected chi connectivity index (χ4v) is 3.82. The second-order valence-corrected chi connectivity index (χ2v) is 6.89. The molecule has 0 amide bonds. The van der Waals surface area contributed by atoms with E-state index in [1.54, 1.807) is 0 Å². The van der Waals surface area contributed by atoms with Gasteiger partial charge in [-0.05, 0) is 26.3 Å². The lowest BCUT2D eigenvalue weighted by molar-refractivity contribution is 0.457. The Labute approximate surface area is 137 Å². The van der Waals surface area contributed by atoms with Crippen LogP contribution in [0.5, 0.6) is 0 Å². The number of aryl methyl sites for hydroxylation is 1. The Hall–Kier alpha value is -2.12. The first-order valence-electron chi connectivity index (χ1n) is 7.76. The molecule has 1 N–H and O–H groups in total. The Morgan fingerprint density at radius 1 is 1.26 bits per heavy atom. The van der Waals surface area contributed by atoms with Gasteiger partial charge in [0.25, 0.3) is 0 Å². The molecule has 3 heterocycles. The molecule has 23 heavy (non-hydrogen) atoms. The minimum atomic E-state index is -0.204. The molecule has 1 unspecified atom stereocenters. The van der Waals surface area contributed by atoms with E-state index < -0.39 is 0 Å². The van der Waals surface area contributed by atoms with Crippen LogP contribution in [0.4, 0.5) is 0 Å². The first-order valence-corrected chi connectivity index (χ1v) is 8.58. The number of nitrogens with one attached hydrogen (secondary N) is 1. The van der Waals surface area contributed by atoms with Crippen molar-refractivity contribution in [1.29, 1.82) is 0 Å². The summed E-state index contributed by atoms with van der Waals surface area (Å²) >= 11 is 1.46. The van der Waals surface area contributed by atoms with E-state index in [2.05, 4.69) is 20.6 Å². The molecule has 0 radical (unpaired) electrons. The van der Waals surface area contributed by atoms with Crippen LogP contribution in [-0.2, 0) is 0 Å². The predicted octanol–water partition coefficient (Wildman–Crippen LogP) is 1.99. The van der Waals surface area contributed by atoms with Crippen molar-refractivity contribution < 1.29 is 0 Å². The van der Waals surface area contributed by atoms with Crippen LogP contribution in [0.2, 0.25) is 0 Å². The normalized spacial score (nSPS) is 18.4. The summed E-state index contributed by atoms with van der Waals surface area (Å²) in [4.78, 5) is 13.3. The molecule has 7 heteroatoms. The summed E-state index contributed by atoms with van der Waals surface area (Å²) in [5.41, 5.74) is 2.06. The number of fused-ring (bicyclic) bond motifs is 1. The summed E-state index contributed by atoms with van der Waals surface area (Å²) in [6, 6.07) is 7.72. The Bertz CT molecular complexity index is 893. The smallest absolute Gasteiger partial charge is 0.302 e. The number of hydrogen-bond donors (Lipinski definition) is 1. The van der Waals surface area contributed by atoms with Gasteiger partial charge in [-0.3, -0.25) is 4.79 Å². The molecule has 1 atom stereocenters. The second kappa shape index (κ2) is 5.82. The molecule has 118 valence electrons. The summed E-state index contributed by atoms with van der Waals surface area (Å²) in [6.45, 7) is 3.97. The molecule has 1 aromatic carbocycles. The number of hydrogen-bond acceptors (Lipinski definition) is 6. The van der Waals surface area contributed by atoms with Crippen molar-refractivity contribution >= 4 is 16.3 Å². The van der Waals surface area contributed by atoms with E-state index in [-0.39, 0.29) is 5.56 Å². The third-order valence-electron chi connectivity index (χ3n) is 4.18. The molecule has 1 saturated heterocycles. The standard InChI is InChI=1S/C16H17N5OS/c1-10-4-6-11(7-5-10)13-15(22)21-16(19-18-13)23-14(20-21)12-3-2-8-17-9-12/h4-7,12,17H,2-3,8-9H2,1H3. The quantitative estimate of drug-likeness (QED) is 0.779. The predicted molar refractivity (Wildman–Crippen MR) is 89.9 cm³/mol. The molecule has 0 spiro atoms. The number of rotatable bonds is 2. The van der Waals surface area contributed by atoms with E-state index in [9.17, 15) is 4.79 Å². The van der Waals surface area contributed by atoms with E-state index >= 15 is 0 Å². The van der Waals surface area contributed by atoms with E-state index in [0.717, 1.165) is 42.1 Å². The van der Waals surface area contributed by atoms with Gasteiger partial charge in [-0.1, -0.05) is 41.2 Å². The Balaban J connectivity index is 1.78. The summed E-state index contributed by atoms with van der Waals surface area (Å²) in [5, 5.41) is 17.2. The Kier molecular flexibility index (Phi) is 3.66. The van der Waals surface area contributed by atoms with Crippen LogP contribution in [0.3, 0.4) is 0 Å². The van der Waals surface area contributed by atoms with Gasteiger partial charge in [0.2, 0.25) is 4.96 Å². The summed E-state index contributed by atoms with van der Waals surface area (Å²) in [6.07, 6.45) is 2.23. The first-order chi connectivity index (χ1) is 11.2. The van der Waals surface area contributed by atoms with Gasteiger partial charge in [-0.15, -0.1) is 10.2 Å². The zero-order valence-corrected chi connectivity index (χ0v) is 13.6. The van der Waals surface area contributed by atoms with E-state index in [4.69, 9.17) is 0 Å². The average Bonchev–Trinajstić information content (AvgIpc) is 3.02. The molecule has 6 nitrogen and oxygen atoms in total. The van der Waals surface area contributed by atoms with Gasteiger partial charge in [-0.2, -0.15) is 9.61 Å². The Morgan fingerprint density at radius 2 is 2.09 bits per heavy atom. The van der Waals surface area contributed by atoms with Crippen molar-refractivity contribution in [2.45, 2.75) is 25.7 Å². The van der Waals surface area contributed by atoms with Crippen LogP contribution >= 0.6 is 11.3 Å². The maximum Gasteiger partial charge on any atom is 0.302 e. The molecule has 2 aromatic heterocycles. The van der Waals surface area contributed by atoms with Crippen molar-refractivity contribution in [3.05, 3.63) is 45.2 Å². The minimum absolute atomic E-state index is 0.204. The van der Waals surface area contributed by atoms with Gasteiger partial charge in [0.15, 0.2) is 5.69 Å². The highest BCUT2D eigenvalue weighted by Crippen LogP contribution is 2.26. The van der Waals surface area contributed by atoms with Crippen molar-refractivity contribution in [2.24, 2.45) is 0 Å². The lowest BCUT2D eigenvalue weighted by Gasteiger charge is -2.19. The largest absolute Gasteiger partial charge is 0.316 e. The zero-order valence-electron chi connectivity index (χ0n) is 12.8. The van der Waals surface area contributed by atoms with Crippen LogP contribution in [0.15, 0.2) is 29.1 Å². The monoisotopic (exact) mass is 327 g/mol. The summed E-state index contributed by atoms with van der Waals surface area (Å²) in [7, 11) is 0. The van der Waals surface area contributed by atoms with Crippen molar-refractivity contribution in [3.63, 3.8) is 0 Å². The van der Waals surface area contributed by atoms with Crippen LogP contribution < -0.4 is 10.9 Å². The molecule has 0 aliphatic carbocycles. The molecule has 4 rings (SSSR count). The highest BCUT2D eigenvalue weighted by molar-refractivity contribution is 7.16. The van der Waals surface area contributed by atoms with Gasteiger partial charge < -0.3 is 5.32 Å². The third kappa shape index (κ3) is 2.66. The average molecular weight is 327 g/mol. The molecule has 0 bridgehead atoms. The molecule has 0 saturated carbocycles. The number of aromatic nitrogens is 4. The van der Waals surface area contributed by atoms with Crippen LogP contribution in [0, 0.1) is 6.92 Å². The highest BCUT2D eigenvalue weighted by Gasteiger charge is 2.21. The second-order valence-electron chi connectivity index (χ2n) is 5.90. The van der Waals surface area contributed by atoms with Gasteiger partial charge in [0.1, 0.15) is 5.01 Å². The van der Waals surface area contributed by atoms with Crippen molar-refractivity contribution in [1.82, 2.24) is 25.1 Å². The van der Waals surface area contributed by atoms with Gasteiger partial charge in [0, 0.05) is 18.0 Å². The molecular formula is C16H17N5OS. The first kappa shape index (κ1) is 14.5. The summed E-state index contributed by atoms with van der Waals surface area (Å²) < 4.78 is 1.40. The van der Waals surface area contributed by atoms with Crippen molar-refractivity contribution in [2.75, 3.05) is 13.1 Å². The maximum atomic E-state index is 12.7. The van der Waals surface area contributed by atoms with Gasteiger partial charge >= 0.3 is 5.56 Å². The van der Waals surface area contributed by atoms with Crippen LogP contribution in [-0.4, -0.2) is 32.9 Å². The van der Waals surface area contributed by atoms with E-state index in [1.807, 2.05) is 31.2 Å². The lowest BCUT2D eigenvalue weighted by atomic mass is 10.0. The third-order valence-corrected chi connectivity index (χ3v) is 5.24. The number of piperidine rings is 1. The van der Waals surface area contributed by atoms with E-state index in [0.29, 0.717) is 16.6 Å². The van der Waals surface area contributed by atoms with Crippen molar-refractivity contribution in [3.8, 4) is 11.3 Å².